The Bertz CT molecular complexity index is 1460. The van der Waals surface area contributed by atoms with Gasteiger partial charge in [-0.15, -0.1) is 0 Å². The van der Waals surface area contributed by atoms with Crippen LogP contribution in [0.3, 0.4) is 0 Å². The van der Waals surface area contributed by atoms with Gasteiger partial charge in [-0.05, 0) is 69.5 Å². The molecule has 0 saturated carbocycles. The van der Waals surface area contributed by atoms with Gasteiger partial charge in [-0.3, -0.25) is 19.6 Å². The van der Waals surface area contributed by atoms with Crippen molar-refractivity contribution in [2.75, 3.05) is 26.3 Å². The number of pyridine rings is 2. The van der Waals surface area contributed by atoms with Gasteiger partial charge < -0.3 is 14.1 Å². The first-order valence-electron chi connectivity index (χ1n) is 12.5. The lowest BCUT2D eigenvalue weighted by molar-refractivity contribution is 0.0187. The van der Waals surface area contributed by atoms with Crippen molar-refractivity contribution in [3.63, 3.8) is 0 Å². The maximum absolute atomic E-state index is 13.6. The summed E-state index contributed by atoms with van der Waals surface area (Å²) in [5.41, 5.74) is 8.05. The van der Waals surface area contributed by atoms with E-state index < -0.39 is 0 Å². The lowest BCUT2D eigenvalue weighted by Crippen LogP contribution is -2.39. The summed E-state index contributed by atoms with van der Waals surface area (Å²) < 4.78 is 7.78. The van der Waals surface area contributed by atoms with Crippen LogP contribution in [0.4, 0.5) is 0 Å². The van der Waals surface area contributed by atoms with Crippen molar-refractivity contribution in [2.24, 2.45) is 0 Å². The first-order valence-corrected chi connectivity index (χ1v) is 12.5. The number of morpholine rings is 1. The first kappa shape index (κ1) is 24.2. The highest BCUT2D eigenvalue weighted by atomic mass is 16.5. The summed E-state index contributed by atoms with van der Waals surface area (Å²) in [5, 5.41) is 7.14. The zero-order valence-electron chi connectivity index (χ0n) is 21.4. The molecule has 0 aromatic carbocycles. The third kappa shape index (κ3) is 4.54. The van der Waals surface area contributed by atoms with Gasteiger partial charge in [-0.2, -0.15) is 5.10 Å². The Balaban J connectivity index is 1.55. The zero-order valence-corrected chi connectivity index (χ0v) is 21.4. The van der Waals surface area contributed by atoms with E-state index in [4.69, 9.17) is 4.74 Å². The summed E-state index contributed by atoms with van der Waals surface area (Å²) >= 11 is 0. The van der Waals surface area contributed by atoms with E-state index in [0.29, 0.717) is 30.8 Å². The molecule has 8 nitrogen and oxygen atoms in total. The van der Waals surface area contributed by atoms with Crippen LogP contribution in [-0.2, 0) is 11.2 Å². The number of carbonyl (C=O) groups is 1. The Kier molecular flexibility index (Phi) is 6.64. The third-order valence-electron chi connectivity index (χ3n) is 7.39. The van der Waals surface area contributed by atoms with Crippen LogP contribution in [0.5, 0.6) is 0 Å². The van der Waals surface area contributed by atoms with E-state index in [0.717, 1.165) is 52.4 Å². The summed E-state index contributed by atoms with van der Waals surface area (Å²) in [6, 6.07) is 8.08. The fourth-order valence-corrected chi connectivity index (χ4v) is 5.45. The minimum atomic E-state index is -0.107. The molecule has 4 aromatic rings. The molecule has 36 heavy (non-hydrogen) atoms. The van der Waals surface area contributed by atoms with E-state index >= 15 is 0 Å². The van der Waals surface area contributed by atoms with Crippen molar-refractivity contribution in [3.8, 4) is 11.3 Å². The minimum Gasteiger partial charge on any atom is -0.379 e. The maximum atomic E-state index is 13.6. The topological polar surface area (TPSA) is 95.5 Å². The molecule has 2 N–H and O–H groups in total. The molecule has 0 bridgehead atoms. The molecule has 1 saturated heterocycles. The molecule has 1 aliphatic heterocycles. The molecule has 0 amide bonds. The molecule has 0 radical (unpaired) electrons. The average Bonchev–Trinajstić information content (AvgIpc) is 3.53. The number of carbonyl (C=O) groups excluding carboxylic acids is 1. The second-order valence-electron chi connectivity index (χ2n) is 9.75. The third-order valence-corrected chi connectivity index (χ3v) is 7.39. The summed E-state index contributed by atoms with van der Waals surface area (Å²) in [4.78, 5) is 31.3. The van der Waals surface area contributed by atoms with Crippen molar-refractivity contribution < 1.29 is 9.53 Å². The lowest BCUT2D eigenvalue weighted by atomic mass is 9.95. The number of fused-ring (bicyclic) bond motifs is 1. The highest BCUT2D eigenvalue weighted by Crippen LogP contribution is 2.32. The van der Waals surface area contributed by atoms with Crippen LogP contribution in [0.1, 0.15) is 57.8 Å². The molecule has 5 heterocycles. The zero-order chi connectivity index (χ0) is 25.4. The fraction of sp³-hybridized carbons (Fsp3) is 0.393. The Morgan fingerprint density at radius 1 is 1.17 bits per heavy atom. The molecular weight excluding hydrogens is 454 g/mol. The fourth-order valence-electron chi connectivity index (χ4n) is 5.45. The van der Waals surface area contributed by atoms with Gasteiger partial charge in [0, 0.05) is 71.5 Å². The number of aromatic nitrogens is 4. The summed E-state index contributed by atoms with van der Waals surface area (Å²) in [5.74, 6) is 0.0501. The van der Waals surface area contributed by atoms with Gasteiger partial charge in [-0.1, -0.05) is 0 Å². The summed E-state index contributed by atoms with van der Waals surface area (Å²) in [6.07, 6.45) is 4.55. The van der Waals surface area contributed by atoms with Gasteiger partial charge >= 0.3 is 0 Å². The van der Waals surface area contributed by atoms with Crippen LogP contribution in [0.25, 0.3) is 16.8 Å². The number of hydrogen-bond acceptors (Lipinski definition) is 5. The van der Waals surface area contributed by atoms with E-state index in [2.05, 4.69) is 43.7 Å². The van der Waals surface area contributed by atoms with Crippen molar-refractivity contribution in [1.82, 2.24) is 24.5 Å². The van der Waals surface area contributed by atoms with Gasteiger partial charge in [0.05, 0.1) is 18.9 Å². The Morgan fingerprint density at radius 2 is 1.94 bits per heavy atom. The monoisotopic (exact) mass is 487 g/mol. The SMILES string of the molecule is Cc1cc(C)c(CCC(=O)c2cc3cc(-c4ccn[nH]4)cn3c(C(C)N3CCOCC3)c2C)c(=O)[nH]1. The molecule has 4 aromatic heterocycles. The first-order chi connectivity index (χ1) is 17.3. The van der Waals surface area contributed by atoms with Gasteiger partial charge in [0.1, 0.15) is 0 Å². The number of Topliss-reactive ketones (excluding diaryl/α,β-unsaturated/α-hetero) is 1. The van der Waals surface area contributed by atoms with E-state index in [1.54, 1.807) is 6.20 Å². The molecule has 8 heteroatoms. The Morgan fingerprint density at radius 3 is 2.64 bits per heavy atom. The van der Waals surface area contributed by atoms with E-state index in [9.17, 15) is 9.59 Å². The Labute approximate surface area is 210 Å². The van der Waals surface area contributed by atoms with Gasteiger partial charge in [-0.25, -0.2) is 0 Å². The minimum absolute atomic E-state index is 0.0501. The predicted molar refractivity (Wildman–Crippen MR) is 140 cm³/mol. The van der Waals surface area contributed by atoms with E-state index in [1.807, 2.05) is 39.0 Å². The van der Waals surface area contributed by atoms with Crippen LogP contribution in [0.2, 0.25) is 0 Å². The van der Waals surface area contributed by atoms with Crippen molar-refractivity contribution >= 4 is 11.3 Å². The van der Waals surface area contributed by atoms with Gasteiger partial charge in [0.25, 0.3) is 5.56 Å². The lowest BCUT2D eigenvalue weighted by Gasteiger charge is -2.34. The molecule has 1 aliphatic rings. The number of rotatable bonds is 7. The summed E-state index contributed by atoms with van der Waals surface area (Å²) in [7, 11) is 0. The molecule has 1 atom stereocenters. The second kappa shape index (κ2) is 9.87. The van der Waals surface area contributed by atoms with E-state index in [-0.39, 0.29) is 23.8 Å². The molecular formula is C28H33N5O3. The molecule has 0 aliphatic carbocycles. The number of aromatic amines is 2. The van der Waals surface area contributed by atoms with Crippen molar-refractivity contribution in [3.05, 3.63) is 80.7 Å². The van der Waals surface area contributed by atoms with Crippen LogP contribution in [0, 0.1) is 20.8 Å². The predicted octanol–water partition coefficient (Wildman–Crippen LogP) is 4.15. The number of H-pyrrole nitrogens is 2. The average molecular weight is 488 g/mol. The largest absolute Gasteiger partial charge is 0.379 e. The van der Waals surface area contributed by atoms with Crippen LogP contribution in [0.15, 0.2) is 41.5 Å². The molecule has 5 rings (SSSR count). The number of aryl methyl sites for hydroxylation is 2. The van der Waals surface area contributed by atoms with Crippen molar-refractivity contribution in [2.45, 2.75) is 46.6 Å². The summed E-state index contributed by atoms with van der Waals surface area (Å²) in [6.45, 7) is 11.2. The van der Waals surface area contributed by atoms with Crippen molar-refractivity contribution in [1.29, 1.82) is 0 Å². The molecule has 1 unspecified atom stereocenters. The quantitative estimate of drug-likeness (QED) is 0.382. The number of nitrogens with zero attached hydrogens (tertiary/aromatic N) is 3. The maximum Gasteiger partial charge on any atom is 0.251 e. The van der Waals surface area contributed by atoms with Crippen LogP contribution in [-0.4, -0.2) is 56.6 Å². The molecule has 1 fully saturated rings. The molecule has 0 spiro atoms. The number of hydrogen-bond donors (Lipinski definition) is 2. The smallest absolute Gasteiger partial charge is 0.251 e. The van der Waals surface area contributed by atoms with E-state index in [1.165, 1.54) is 0 Å². The number of ketones is 1. The highest BCUT2D eigenvalue weighted by Gasteiger charge is 2.26. The Hall–Kier alpha value is -3.49. The highest BCUT2D eigenvalue weighted by molar-refractivity contribution is 5.99. The molecule has 188 valence electrons. The number of ether oxygens (including phenoxy) is 1. The van der Waals surface area contributed by atoms with Crippen LogP contribution >= 0.6 is 0 Å². The second-order valence-corrected chi connectivity index (χ2v) is 9.75. The normalized spacial score (nSPS) is 15.4. The number of nitrogens with one attached hydrogen (secondary N) is 2. The standard InChI is InChI=1S/C28H33N5O3/c1-17-13-18(2)30-28(35)23(17)5-6-26(34)24-15-22-14-21(25-7-8-29-31-25)16-33(22)27(19(24)3)20(4)32-9-11-36-12-10-32/h7-8,13-16,20H,5-6,9-12H2,1-4H3,(H,29,31)(H,30,35). The van der Waals surface area contributed by atoms with Crippen LogP contribution < -0.4 is 5.56 Å². The van der Waals surface area contributed by atoms with Gasteiger partial charge in [0.15, 0.2) is 5.78 Å². The van der Waals surface area contributed by atoms with Gasteiger partial charge in [0.2, 0.25) is 0 Å².